The number of carbonyl (C=O) groups is 1. The van der Waals surface area contributed by atoms with Gasteiger partial charge in [-0.3, -0.25) is 0 Å². The monoisotopic (exact) mass is 232 g/mol. The Bertz CT molecular complexity index is 306. The molecule has 0 unspecified atom stereocenters. The normalized spacial score (nSPS) is 13.6. The van der Waals surface area contributed by atoms with Gasteiger partial charge in [0, 0.05) is 16.3 Å². The zero-order valence-corrected chi connectivity index (χ0v) is 9.60. The van der Waals surface area contributed by atoms with E-state index >= 15 is 0 Å². The van der Waals surface area contributed by atoms with Crippen molar-refractivity contribution in [3.8, 4) is 0 Å². The molecule has 2 N–H and O–H groups in total. The van der Waals surface area contributed by atoms with Crippen LogP contribution in [0.2, 0.25) is 0 Å². The second-order valence-electron chi connectivity index (χ2n) is 3.41. The minimum absolute atomic E-state index is 0.597. The van der Waals surface area contributed by atoms with Gasteiger partial charge in [-0.2, -0.15) is 12.6 Å². The number of thiol groups is 1. The molecule has 1 atom stereocenters. The van der Waals surface area contributed by atoms with E-state index in [4.69, 9.17) is 5.11 Å². The van der Waals surface area contributed by atoms with Gasteiger partial charge in [-0.05, 0) is 13.8 Å². The summed E-state index contributed by atoms with van der Waals surface area (Å²) in [7, 11) is 0. The highest BCUT2D eigenvalue weighted by atomic mass is 32.1. The lowest BCUT2D eigenvalue weighted by molar-refractivity contribution is -0.138. The summed E-state index contributed by atoms with van der Waals surface area (Å²) in [4.78, 5) is 14.9. The molecular formula is C8H12N2O2S2. The number of carboxylic acids is 1. The number of aromatic nitrogens is 1. The van der Waals surface area contributed by atoms with E-state index in [0.717, 1.165) is 0 Å². The first kappa shape index (κ1) is 11.3. The van der Waals surface area contributed by atoms with Crippen molar-refractivity contribution >= 4 is 35.1 Å². The van der Waals surface area contributed by atoms with E-state index in [2.05, 4.69) is 22.9 Å². The van der Waals surface area contributed by atoms with Gasteiger partial charge in [-0.1, -0.05) is 0 Å². The number of rotatable bonds is 4. The quantitative estimate of drug-likeness (QED) is 0.692. The first-order chi connectivity index (χ1) is 6.41. The topological polar surface area (TPSA) is 62.2 Å². The van der Waals surface area contributed by atoms with Gasteiger partial charge in [0.2, 0.25) is 0 Å². The number of nitrogens with zero attached hydrogens (tertiary/aromatic N) is 1. The highest BCUT2D eigenvalue weighted by Crippen LogP contribution is 2.22. The molecular weight excluding hydrogens is 220 g/mol. The Morgan fingerprint density at radius 3 is 2.79 bits per heavy atom. The van der Waals surface area contributed by atoms with Gasteiger partial charge in [0.1, 0.15) is 6.04 Å². The van der Waals surface area contributed by atoms with Crippen molar-refractivity contribution in [2.45, 2.75) is 24.6 Å². The summed E-state index contributed by atoms with van der Waals surface area (Å²) in [6.07, 6.45) is 1.62. The molecule has 0 aromatic carbocycles. The number of aliphatic carboxylic acids is 1. The van der Waals surface area contributed by atoms with E-state index in [9.17, 15) is 4.79 Å². The van der Waals surface area contributed by atoms with E-state index in [-0.39, 0.29) is 0 Å². The molecule has 0 fully saturated rings. The van der Waals surface area contributed by atoms with Gasteiger partial charge in [0.25, 0.3) is 0 Å². The van der Waals surface area contributed by atoms with Crippen molar-refractivity contribution in [1.29, 1.82) is 0 Å². The van der Waals surface area contributed by atoms with Gasteiger partial charge in [-0.15, -0.1) is 11.3 Å². The molecule has 0 aliphatic carbocycles. The van der Waals surface area contributed by atoms with E-state index in [1.54, 1.807) is 25.4 Å². The third-order valence-corrected chi connectivity index (χ3v) is 2.62. The molecule has 4 nitrogen and oxygen atoms in total. The summed E-state index contributed by atoms with van der Waals surface area (Å²) in [5.74, 6) is -0.930. The molecule has 6 heteroatoms. The van der Waals surface area contributed by atoms with Crippen molar-refractivity contribution in [1.82, 2.24) is 4.98 Å². The lowest BCUT2D eigenvalue weighted by Gasteiger charge is -2.26. The lowest BCUT2D eigenvalue weighted by Crippen LogP contribution is -2.44. The summed E-state index contributed by atoms with van der Waals surface area (Å²) in [6, 6.07) is -0.753. The zero-order valence-electron chi connectivity index (χ0n) is 7.89. The predicted molar refractivity (Wildman–Crippen MR) is 60.2 cm³/mol. The summed E-state index contributed by atoms with van der Waals surface area (Å²) in [5.41, 5.74) is 0. The largest absolute Gasteiger partial charge is 0.480 e. The molecule has 0 saturated carbocycles. The number of carboxylic acid groups (broad SMARTS) is 1. The van der Waals surface area contributed by atoms with Gasteiger partial charge in [-0.25, -0.2) is 9.78 Å². The van der Waals surface area contributed by atoms with Crippen LogP contribution in [-0.2, 0) is 4.79 Å². The Labute approximate surface area is 91.8 Å². The Hall–Kier alpha value is -0.750. The van der Waals surface area contributed by atoms with Crippen molar-refractivity contribution in [3.05, 3.63) is 11.6 Å². The van der Waals surface area contributed by atoms with Crippen LogP contribution in [0.4, 0.5) is 5.13 Å². The zero-order chi connectivity index (χ0) is 10.8. The summed E-state index contributed by atoms with van der Waals surface area (Å²) < 4.78 is -0.641. The Balaban J connectivity index is 2.76. The number of thiazole rings is 1. The third-order valence-electron chi connectivity index (χ3n) is 1.65. The van der Waals surface area contributed by atoms with Crippen LogP contribution < -0.4 is 5.32 Å². The SMILES string of the molecule is CC(C)(S)[C@H](Nc1nccs1)C(=O)O. The maximum Gasteiger partial charge on any atom is 0.327 e. The molecule has 0 amide bonds. The summed E-state index contributed by atoms with van der Waals surface area (Å²) in [6.45, 7) is 3.49. The second-order valence-corrected chi connectivity index (χ2v) is 5.45. The molecule has 0 radical (unpaired) electrons. The minimum Gasteiger partial charge on any atom is -0.480 e. The maximum absolute atomic E-state index is 10.9. The summed E-state index contributed by atoms with van der Waals surface area (Å²) in [5, 5.41) is 14.2. The molecule has 1 heterocycles. The van der Waals surface area contributed by atoms with Crippen LogP contribution in [0.25, 0.3) is 0 Å². The lowest BCUT2D eigenvalue weighted by atomic mass is 10.0. The molecule has 0 spiro atoms. The molecule has 78 valence electrons. The van der Waals surface area contributed by atoms with E-state index in [0.29, 0.717) is 5.13 Å². The highest BCUT2D eigenvalue weighted by molar-refractivity contribution is 7.81. The fraction of sp³-hybridized carbons (Fsp3) is 0.500. The average molecular weight is 232 g/mol. The van der Waals surface area contributed by atoms with Crippen LogP contribution in [0.15, 0.2) is 11.6 Å². The van der Waals surface area contributed by atoms with Crippen molar-refractivity contribution in [3.63, 3.8) is 0 Å². The van der Waals surface area contributed by atoms with Crippen molar-refractivity contribution < 1.29 is 9.90 Å². The molecule has 0 saturated heterocycles. The van der Waals surface area contributed by atoms with Crippen LogP contribution in [0.5, 0.6) is 0 Å². The van der Waals surface area contributed by atoms with Crippen molar-refractivity contribution in [2.24, 2.45) is 0 Å². The summed E-state index contributed by atoms with van der Waals surface area (Å²) >= 11 is 5.60. The Kier molecular flexibility index (Phi) is 3.38. The number of nitrogens with one attached hydrogen (secondary N) is 1. The van der Waals surface area contributed by atoms with Crippen molar-refractivity contribution in [2.75, 3.05) is 5.32 Å². The minimum atomic E-state index is -0.930. The number of hydrogen-bond acceptors (Lipinski definition) is 5. The van der Waals surface area contributed by atoms with E-state index in [1.807, 2.05) is 0 Å². The van der Waals surface area contributed by atoms with Gasteiger partial charge >= 0.3 is 5.97 Å². The van der Waals surface area contributed by atoms with Gasteiger partial charge in [0.05, 0.1) is 0 Å². The average Bonchev–Trinajstić information content (AvgIpc) is 2.48. The van der Waals surface area contributed by atoms with Crippen LogP contribution in [0.3, 0.4) is 0 Å². The maximum atomic E-state index is 10.9. The molecule has 1 aromatic rings. The molecule has 0 bridgehead atoms. The first-order valence-corrected chi connectivity index (χ1v) is 5.35. The molecule has 0 aliphatic heterocycles. The van der Waals surface area contributed by atoms with Crippen LogP contribution in [0.1, 0.15) is 13.8 Å². The van der Waals surface area contributed by atoms with Crippen LogP contribution >= 0.6 is 24.0 Å². The second kappa shape index (κ2) is 4.18. The van der Waals surface area contributed by atoms with E-state index < -0.39 is 16.8 Å². The third kappa shape index (κ3) is 2.88. The number of hydrogen-bond donors (Lipinski definition) is 3. The van der Waals surface area contributed by atoms with Crippen LogP contribution in [-0.4, -0.2) is 26.8 Å². The van der Waals surface area contributed by atoms with Gasteiger partial charge in [0.15, 0.2) is 5.13 Å². The first-order valence-electron chi connectivity index (χ1n) is 4.02. The Morgan fingerprint density at radius 1 is 1.79 bits per heavy atom. The molecule has 1 aromatic heterocycles. The Morgan fingerprint density at radius 2 is 2.43 bits per heavy atom. The van der Waals surface area contributed by atoms with Gasteiger partial charge < -0.3 is 10.4 Å². The molecule has 14 heavy (non-hydrogen) atoms. The predicted octanol–water partition coefficient (Wildman–Crippen LogP) is 1.72. The fourth-order valence-corrected chi connectivity index (χ4v) is 1.69. The fourth-order valence-electron chi connectivity index (χ4n) is 0.959. The highest BCUT2D eigenvalue weighted by Gasteiger charge is 2.32. The standard InChI is InChI=1S/C8H12N2O2S2/c1-8(2,13)5(6(11)12)10-7-9-3-4-14-7/h3-5,13H,1-2H3,(H,9,10)(H,11,12)/t5-/m1/s1. The molecule has 0 aliphatic rings. The number of anilines is 1. The van der Waals surface area contributed by atoms with Crippen LogP contribution in [0, 0.1) is 0 Å². The smallest absolute Gasteiger partial charge is 0.327 e. The van der Waals surface area contributed by atoms with E-state index in [1.165, 1.54) is 11.3 Å². The molecule has 1 rings (SSSR count).